The predicted octanol–water partition coefficient (Wildman–Crippen LogP) is 1.66. The average Bonchev–Trinajstić information content (AvgIpc) is 3.21. The summed E-state index contributed by atoms with van der Waals surface area (Å²) in [6.45, 7) is 3.77. The van der Waals surface area contributed by atoms with Crippen molar-refractivity contribution >= 4 is 12.0 Å². The summed E-state index contributed by atoms with van der Waals surface area (Å²) < 4.78 is 6.81. The highest BCUT2D eigenvalue weighted by atomic mass is 16.5. The van der Waals surface area contributed by atoms with Crippen LogP contribution < -0.4 is 10.6 Å². The fourth-order valence-corrected chi connectivity index (χ4v) is 2.84. The third-order valence-corrected chi connectivity index (χ3v) is 4.21. The summed E-state index contributed by atoms with van der Waals surface area (Å²) in [5.41, 5.74) is -0.579. The molecular formula is C14H21N7O2. The van der Waals surface area contributed by atoms with Gasteiger partial charge in [0.25, 0.3) is 0 Å². The maximum absolute atomic E-state index is 12.3. The van der Waals surface area contributed by atoms with Crippen LogP contribution in [-0.4, -0.2) is 30.9 Å². The number of hydrogen-bond donors (Lipinski definition) is 2. The van der Waals surface area contributed by atoms with Crippen molar-refractivity contribution in [3.05, 3.63) is 17.5 Å². The van der Waals surface area contributed by atoms with Gasteiger partial charge in [-0.1, -0.05) is 24.9 Å². The van der Waals surface area contributed by atoms with Gasteiger partial charge in [-0.25, -0.2) is 4.79 Å². The van der Waals surface area contributed by atoms with Gasteiger partial charge in [0.2, 0.25) is 11.8 Å². The second-order valence-electron chi connectivity index (χ2n) is 5.84. The van der Waals surface area contributed by atoms with Crippen LogP contribution in [0.5, 0.6) is 0 Å². The smallest absolute Gasteiger partial charge is 0.322 e. The first-order chi connectivity index (χ1) is 11.0. The summed E-state index contributed by atoms with van der Waals surface area (Å²) >= 11 is 0. The summed E-state index contributed by atoms with van der Waals surface area (Å²) in [7, 11) is 1.77. The highest BCUT2D eigenvalue weighted by molar-refractivity contribution is 5.87. The highest BCUT2D eigenvalue weighted by Gasteiger charge is 2.41. The number of amides is 2. The Hall–Kier alpha value is -2.45. The molecule has 9 nitrogen and oxygen atoms in total. The Balaban J connectivity index is 1.75. The topological polar surface area (TPSA) is 111 Å². The molecule has 9 heteroatoms. The van der Waals surface area contributed by atoms with Gasteiger partial charge in [-0.2, -0.15) is 9.97 Å². The number of nitrogens with one attached hydrogen (secondary N) is 2. The van der Waals surface area contributed by atoms with Crippen LogP contribution in [0, 0.1) is 6.92 Å². The molecule has 0 unspecified atom stereocenters. The van der Waals surface area contributed by atoms with E-state index in [1.165, 1.54) is 0 Å². The lowest BCUT2D eigenvalue weighted by molar-refractivity contribution is 0.232. The molecule has 0 radical (unpaired) electrons. The number of carbonyl (C=O) groups excluding carboxylic acids is 1. The molecule has 2 amide bonds. The first-order valence-corrected chi connectivity index (χ1v) is 7.82. The van der Waals surface area contributed by atoms with Gasteiger partial charge in [-0.15, -0.1) is 5.10 Å². The number of urea groups is 1. The SMILES string of the molecule is CCc1nc(C2(NC(=O)Nc3nc(C)n(C)n3)CCCC2)no1. The molecule has 0 atom stereocenters. The summed E-state index contributed by atoms with van der Waals surface area (Å²) in [4.78, 5) is 20.9. The summed E-state index contributed by atoms with van der Waals surface area (Å²) in [6.07, 6.45) is 4.27. The van der Waals surface area contributed by atoms with Gasteiger partial charge in [0.05, 0.1) is 0 Å². The lowest BCUT2D eigenvalue weighted by atomic mass is 9.97. The van der Waals surface area contributed by atoms with Crippen LogP contribution >= 0.6 is 0 Å². The molecule has 1 aliphatic carbocycles. The van der Waals surface area contributed by atoms with E-state index < -0.39 is 5.54 Å². The van der Waals surface area contributed by atoms with Crippen LogP contribution in [-0.2, 0) is 19.0 Å². The van der Waals surface area contributed by atoms with Crippen LogP contribution in [0.25, 0.3) is 0 Å². The molecular weight excluding hydrogens is 298 g/mol. The molecule has 2 N–H and O–H groups in total. The summed E-state index contributed by atoms with van der Waals surface area (Å²) in [5.74, 6) is 2.13. The normalized spacial score (nSPS) is 16.5. The van der Waals surface area contributed by atoms with Crippen molar-refractivity contribution in [2.75, 3.05) is 5.32 Å². The number of rotatable bonds is 4. The number of nitrogens with zero attached hydrogens (tertiary/aromatic N) is 5. The molecule has 1 saturated carbocycles. The molecule has 0 aliphatic heterocycles. The second kappa shape index (κ2) is 5.98. The van der Waals surface area contributed by atoms with Gasteiger partial charge < -0.3 is 9.84 Å². The van der Waals surface area contributed by atoms with E-state index >= 15 is 0 Å². The fourth-order valence-electron chi connectivity index (χ4n) is 2.84. The number of hydrogen-bond acceptors (Lipinski definition) is 6. The number of aromatic nitrogens is 5. The largest absolute Gasteiger partial charge is 0.339 e. The molecule has 2 aromatic rings. The summed E-state index contributed by atoms with van der Waals surface area (Å²) in [5, 5.41) is 13.8. The minimum Gasteiger partial charge on any atom is -0.339 e. The average molecular weight is 319 g/mol. The monoisotopic (exact) mass is 319 g/mol. The molecule has 3 rings (SSSR count). The van der Waals surface area contributed by atoms with Crippen molar-refractivity contribution in [2.45, 2.75) is 51.5 Å². The van der Waals surface area contributed by atoms with Crippen LogP contribution in [0.15, 0.2) is 4.52 Å². The number of carbonyl (C=O) groups is 1. The van der Waals surface area contributed by atoms with Crippen molar-refractivity contribution in [1.29, 1.82) is 0 Å². The Kier molecular flexibility index (Phi) is 4.01. The van der Waals surface area contributed by atoms with E-state index in [9.17, 15) is 4.79 Å². The Morgan fingerprint density at radius 3 is 2.65 bits per heavy atom. The minimum absolute atomic E-state index is 0.276. The van der Waals surface area contributed by atoms with Crippen molar-refractivity contribution in [2.24, 2.45) is 7.05 Å². The molecule has 2 aromatic heterocycles. The maximum Gasteiger partial charge on any atom is 0.322 e. The van der Waals surface area contributed by atoms with Crippen molar-refractivity contribution in [3.63, 3.8) is 0 Å². The van der Waals surface area contributed by atoms with Crippen LogP contribution in [0.4, 0.5) is 10.7 Å². The zero-order valence-electron chi connectivity index (χ0n) is 13.6. The molecule has 1 aliphatic rings. The zero-order valence-corrected chi connectivity index (χ0v) is 13.6. The van der Waals surface area contributed by atoms with E-state index in [1.54, 1.807) is 11.7 Å². The Bertz CT molecular complexity index is 680. The van der Waals surface area contributed by atoms with E-state index in [0.29, 0.717) is 18.1 Å². The van der Waals surface area contributed by atoms with Crippen molar-refractivity contribution in [3.8, 4) is 0 Å². The maximum atomic E-state index is 12.3. The van der Waals surface area contributed by atoms with Crippen LogP contribution in [0.1, 0.15) is 50.1 Å². The molecule has 124 valence electrons. The van der Waals surface area contributed by atoms with E-state index in [4.69, 9.17) is 4.52 Å². The van der Waals surface area contributed by atoms with Crippen LogP contribution in [0.3, 0.4) is 0 Å². The zero-order chi connectivity index (χ0) is 16.4. The molecule has 0 bridgehead atoms. The molecule has 0 aromatic carbocycles. The third-order valence-electron chi connectivity index (χ3n) is 4.21. The lowest BCUT2D eigenvalue weighted by Gasteiger charge is -2.26. The standard InChI is InChI=1S/C14H21N7O2/c1-4-10-16-11(20-23-10)14(7-5-6-8-14)18-13(22)17-12-15-9(2)21(3)19-12/h4-8H2,1-3H3,(H2,17,18,19,22). The van der Waals surface area contributed by atoms with E-state index in [-0.39, 0.29) is 12.0 Å². The molecule has 0 spiro atoms. The number of anilines is 1. The number of aryl methyl sites for hydroxylation is 3. The Morgan fingerprint density at radius 1 is 1.35 bits per heavy atom. The predicted molar refractivity (Wildman–Crippen MR) is 81.7 cm³/mol. The molecule has 1 fully saturated rings. The Labute approximate surface area is 133 Å². The van der Waals surface area contributed by atoms with Gasteiger partial charge >= 0.3 is 6.03 Å². The fraction of sp³-hybridized carbons (Fsp3) is 0.643. The molecule has 23 heavy (non-hydrogen) atoms. The molecule has 0 saturated heterocycles. The quantitative estimate of drug-likeness (QED) is 0.886. The highest BCUT2D eigenvalue weighted by Crippen LogP contribution is 2.37. The molecule has 2 heterocycles. The van der Waals surface area contributed by atoms with Crippen molar-refractivity contribution in [1.82, 2.24) is 30.2 Å². The van der Waals surface area contributed by atoms with E-state index in [1.807, 2.05) is 13.8 Å². The van der Waals surface area contributed by atoms with E-state index in [2.05, 4.69) is 30.9 Å². The van der Waals surface area contributed by atoms with Gasteiger partial charge in [0, 0.05) is 13.5 Å². The first kappa shape index (κ1) is 15.4. The lowest BCUT2D eigenvalue weighted by Crippen LogP contribution is -2.46. The second-order valence-corrected chi connectivity index (χ2v) is 5.84. The van der Waals surface area contributed by atoms with Crippen LogP contribution in [0.2, 0.25) is 0 Å². The minimum atomic E-state index is -0.579. The van der Waals surface area contributed by atoms with Crippen molar-refractivity contribution < 1.29 is 9.32 Å². The van der Waals surface area contributed by atoms with E-state index in [0.717, 1.165) is 31.5 Å². The van der Waals surface area contributed by atoms with Gasteiger partial charge in [-0.05, 0) is 19.8 Å². The van der Waals surface area contributed by atoms with Gasteiger partial charge in [0.1, 0.15) is 11.4 Å². The van der Waals surface area contributed by atoms with Gasteiger partial charge in [-0.3, -0.25) is 10.00 Å². The summed E-state index contributed by atoms with van der Waals surface area (Å²) in [6, 6.07) is -0.361. The third kappa shape index (κ3) is 3.03. The first-order valence-electron chi connectivity index (χ1n) is 7.82. The van der Waals surface area contributed by atoms with Gasteiger partial charge in [0.15, 0.2) is 5.82 Å². The Morgan fingerprint density at radius 2 is 2.09 bits per heavy atom.